The maximum absolute atomic E-state index is 13.0. The molecule has 0 saturated heterocycles. The fourth-order valence-electron chi connectivity index (χ4n) is 2.64. The average Bonchev–Trinajstić information content (AvgIpc) is 3.48. The zero-order valence-corrected chi connectivity index (χ0v) is 17.0. The summed E-state index contributed by atoms with van der Waals surface area (Å²) in [5, 5.41) is 11.2. The van der Waals surface area contributed by atoms with Crippen LogP contribution in [0.5, 0.6) is 0 Å². The summed E-state index contributed by atoms with van der Waals surface area (Å²) in [5.74, 6) is -0.860. The van der Waals surface area contributed by atoms with E-state index in [9.17, 15) is 9.59 Å². The van der Waals surface area contributed by atoms with Crippen molar-refractivity contribution in [1.82, 2.24) is 14.8 Å². The summed E-state index contributed by atoms with van der Waals surface area (Å²) in [4.78, 5) is 29.8. The lowest BCUT2D eigenvalue weighted by molar-refractivity contribution is 0.0520. The third-order valence-electron chi connectivity index (χ3n) is 3.94. The van der Waals surface area contributed by atoms with Crippen LogP contribution >= 0.6 is 22.7 Å². The second kappa shape index (κ2) is 8.38. The third-order valence-corrected chi connectivity index (χ3v) is 5.58. The van der Waals surface area contributed by atoms with Gasteiger partial charge >= 0.3 is 5.97 Å². The lowest BCUT2D eigenvalue weighted by atomic mass is 10.2. The largest absolute Gasteiger partial charge is 0.461 e. The van der Waals surface area contributed by atoms with E-state index in [1.165, 1.54) is 11.3 Å². The van der Waals surface area contributed by atoms with Gasteiger partial charge in [0, 0.05) is 11.6 Å². The zero-order chi connectivity index (χ0) is 20.2. The maximum atomic E-state index is 13.0. The summed E-state index contributed by atoms with van der Waals surface area (Å²) in [6.07, 6.45) is 1.69. The summed E-state index contributed by atoms with van der Waals surface area (Å²) in [5.41, 5.74) is 2.03. The molecule has 7 nitrogen and oxygen atoms in total. The number of para-hydroxylation sites is 1. The Morgan fingerprint density at radius 1 is 1.14 bits per heavy atom. The molecule has 3 aromatic heterocycles. The van der Waals surface area contributed by atoms with E-state index >= 15 is 0 Å². The highest BCUT2D eigenvalue weighted by molar-refractivity contribution is 7.14. The number of nitrogens with one attached hydrogen (secondary N) is 1. The van der Waals surface area contributed by atoms with E-state index in [0.29, 0.717) is 16.4 Å². The molecule has 3 heterocycles. The van der Waals surface area contributed by atoms with Gasteiger partial charge in [-0.05, 0) is 30.5 Å². The van der Waals surface area contributed by atoms with Crippen molar-refractivity contribution >= 4 is 39.7 Å². The molecule has 0 aliphatic heterocycles. The van der Waals surface area contributed by atoms with Gasteiger partial charge in [-0.15, -0.1) is 22.7 Å². The zero-order valence-electron chi connectivity index (χ0n) is 15.4. The number of carbonyl (C=O) groups excluding carboxylic acids is 2. The second-order valence-electron chi connectivity index (χ2n) is 5.86. The predicted octanol–water partition coefficient (Wildman–Crippen LogP) is 4.49. The number of rotatable bonds is 6. The van der Waals surface area contributed by atoms with Gasteiger partial charge < -0.3 is 4.74 Å². The number of hydrogen-bond donors (Lipinski definition) is 1. The number of ether oxygens (including phenoxy) is 1. The van der Waals surface area contributed by atoms with Crippen LogP contribution in [0.25, 0.3) is 16.3 Å². The highest BCUT2D eigenvalue weighted by atomic mass is 32.1. The lowest BCUT2D eigenvalue weighted by Crippen LogP contribution is -2.12. The minimum atomic E-state index is -0.513. The second-order valence-corrected chi connectivity index (χ2v) is 7.67. The van der Waals surface area contributed by atoms with Gasteiger partial charge in [0.05, 0.1) is 22.7 Å². The van der Waals surface area contributed by atoms with Crippen LogP contribution in [0.2, 0.25) is 0 Å². The SMILES string of the molecule is CCOC(=O)c1csc(NC(=O)c2cn(-c3ccccc3)nc2-c2cccs2)n1. The molecule has 9 heteroatoms. The van der Waals surface area contributed by atoms with Crippen LogP contribution in [-0.4, -0.2) is 33.2 Å². The fourth-order valence-corrected chi connectivity index (χ4v) is 4.04. The monoisotopic (exact) mass is 424 g/mol. The maximum Gasteiger partial charge on any atom is 0.357 e. The summed E-state index contributed by atoms with van der Waals surface area (Å²) < 4.78 is 6.61. The number of aromatic nitrogens is 3. The normalized spacial score (nSPS) is 10.7. The molecule has 0 atom stereocenters. The number of nitrogens with zero attached hydrogens (tertiary/aromatic N) is 3. The summed E-state index contributed by atoms with van der Waals surface area (Å²) in [6.45, 7) is 1.99. The van der Waals surface area contributed by atoms with Crippen molar-refractivity contribution in [2.45, 2.75) is 6.92 Å². The van der Waals surface area contributed by atoms with Gasteiger partial charge in [-0.2, -0.15) is 5.10 Å². The van der Waals surface area contributed by atoms with E-state index in [2.05, 4.69) is 15.4 Å². The molecule has 146 valence electrons. The quantitative estimate of drug-likeness (QED) is 0.461. The molecule has 0 aliphatic rings. The van der Waals surface area contributed by atoms with Crippen LogP contribution in [0.3, 0.4) is 0 Å². The van der Waals surface area contributed by atoms with E-state index in [0.717, 1.165) is 21.9 Å². The highest BCUT2D eigenvalue weighted by Crippen LogP contribution is 2.28. The molecule has 29 heavy (non-hydrogen) atoms. The van der Waals surface area contributed by atoms with Gasteiger partial charge in [-0.25, -0.2) is 14.5 Å². The first-order valence-corrected chi connectivity index (χ1v) is 10.5. The Morgan fingerprint density at radius 3 is 2.69 bits per heavy atom. The van der Waals surface area contributed by atoms with Crippen LogP contribution in [-0.2, 0) is 4.74 Å². The topological polar surface area (TPSA) is 86.1 Å². The number of thiazole rings is 1. The van der Waals surface area contributed by atoms with E-state index in [1.54, 1.807) is 23.2 Å². The Kier molecular flexibility index (Phi) is 5.50. The molecular formula is C20H16N4O3S2. The molecule has 0 unspecified atom stereocenters. The Balaban J connectivity index is 1.64. The molecule has 1 N–H and O–H groups in total. The van der Waals surface area contributed by atoms with Crippen LogP contribution in [0.4, 0.5) is 5.13 Å². The number of anilines is 1. The van der Waals surface area contributed by atoms with Gasteiger partial charge in [0.25, 0.3) is 5.91 Å². The Morgan fingerprint density at radius 2 is 1.97 bits per heavy atom. The molecule has 1 aromatic carbocycles. The van der Waals surface area contributed by atoms with Gasteiger partial charge in [-0.3, -0.25) is 10.1 Å². The number of benzene rings is 1. The Bertz CT molecular complexity index is 1130. The summed E-state index contributed by atoms with van der Waals surface area (Å²) in [6, 6.07) is 13.4. The fraction of sp³-hybridized carbons (Fsp3) is 0.100. The van der Waals surface area contributed by atoms with Crippen molar-refractivity contribution in [3.63, 3.8) is 0 Å². The number of carbonyl (C=O) groups is 2. The molecule has 0 bridgehead atoms. The first-order valence-electron chi connectivity index (χ1n) is 8.78. The molecular weight excluding hydrogens is 408 g/mol. The summed E-state index contributed by atoms with van der Waals surface area (Å²) >= 11 is 2.67. The molecule has 0 aliphatic carbocycles. The number of hydrogen-bond acceptors (Lipinski definition) is 7. The Hall–Kier alpha value is -3.30. The first kappa shape index (κ1) is 19.0. The van der Waals surface area contributed by atoms with Crippen LogP contribution < -0.4 is 5.32 Å². The van der Waals surface area contributed by atoms with Crippen molar-refractivity contribution in [2.24, 2.45) is 0 Å². The van der Waals surface area contributed by atoms with Crippen molar-refractivity contribution in [2.75, 3.05) is 11.9 Å². The standard InChI is InChI=1S/C20H16N4O3S2/c1-2-27-19(26)15-12-29-20(21-15)22-18(25)14-11-24(13-7-4-3-5-8-13)23-17(14)16-9-6-10-28-16/h3-12H,2H2,1H3,(H,21,22,25). The third kappa shape index (κ3) is 4.10. The molecule has 4 rings (SSSR count). The first-order chi connectivity index (χ1) is 14.2. The number of thiophene rings is 1. The van der Waals surface area contributed by atoms with E-state index in [4.69, 9.17) is 4.74 Å². The molecule has 0 saturated carbocycles. The smallest absolute Gasteiger partial charge is 0.357 e. The van der Waals surface area contributed by atoms with E-state index in [1.807, 2.05) is 47.8 Å². The molecule has 4 aromatic rings. The van der Waals surface area contributed by atoms with Crippen LogP contribution in [0, 0.1) is 0 Å². The van der Waals surface area contributed by atoms with Crippen molar-refractivity contribution in [3.05, 3.63) is 70.7 Å². The van der Waals surface area contributed by atoms with Crippen molar-refractivity contribution < 1.29 is 14.3 Å². The van der Waals surface area contributed by atoms with E-state index < -0.39 is 5.97 Å². The van der Waals surface area contributed by atoms with Gasteiger partial charge in [0.15, 0.2) is 10.8 Å². The van der Waals surface area contributed by atoms with Gasteiger partial charge in [-0.1, -0.05) is 24.3 Å². The van der Waals surface area contributed by atoms with Gasteiger partial charge in [0.1, 0.15) is 5.69 Å². The lowest BCUT2D eigenvalue weighted by Gasteiger charge is -2.01. The molecule has 0 fully saturated rings. The Labute approximate surface area is 174 Å². The van der Waals surface area contributed by atoms with Crippen LogP contribution in [0.15, 0.2) is 59.4 Å². The number of amides is 1. The van der Waals surface area contributed by atoms with Gasteiger partial charge in [0.2, 0.25) is 0 Å². The number of esters is 1. The average molecular weight is 425 g/mol. The highest BCUT2D eigenvalue weighted by Gasteiger charge is 2.21. The molecule has 0 spiro atoms. The molecule has 1 amide bonds. The molecule has 0 radical (unpaired) electrons. The minimum absolute atomic E-state index is 0.172. The minimum Gasteiger partial charge on any atom is -0.461 e. The van der Waals surface area contributed by atoms with E-state index in [-0.39, 0.29) is 18.2 Å². The van der Waals surface area contributed by atoms with Crippen molar-refractivity contribution in [1.29, 1.82) is 0 Å². The van der Waals surface area contributed by atoms with Crippen molar-refractivity contribution in [3.8, 4) is 16.3 Å². The van der Waals surface area contributed by atoms with Crippen LogP contribution in [0.1, 0.15) is 27.8 Å². The predicted molar refractivity (Wildman–Crippen MR) is 113 cm³/mol. The summed E-state index contributed by atoms with van der Waals surface area (Å²) in [7, 11) is 0.